The summed E-state index contributed by atoms with van der Waals surface area (Å²) in [4.78, 5) is 20.0. The van der Waals surface area contributed by atoms with Crippen LogP contribution in [0.4, 0.5) is 5.69 Å². The van der Waals surface area contributed by atoms with Crippen molar-refractivity contribution in [2.45, 2.75) is 53.1 Å². The lowest BCUT2D eigenvalue weighted by Crippen LogP contribution is -2.24. The summed E-state index contributed by atoms with van der Waals surface area (Å²) in [7, 11) is 0. The summed E-state index contributed by atoms with van der Waals surface area (Å²) in [5, 5.41) is 12.0. The number of hydrogen-bond donors (Lipinski definition) is 1. The molecule has 1 heterocycles. The largest absolute Gasteiger partial charge is 0.486 e. The molecule has 0 aliphatic carbocycles. The predicted octanol–water partition coefficient (Wildman–Crippen LogP) is 5.72. The molecular formula is C24H36N4O3S. The zero-order valence-corrected chi connectivity index (χ0v) is 20.5. The van der Waals surface area contributed by atoms with Crippen LogP contribution < -0.4 is 4.74 Å². The lowest BCUT2D eigenvalue weighted by atomic mass is 10.1. The van der Waals surface area contributed by atoms with Crippen molar-refractivity contribution in [2.24, 2.45) is 15.2 Å². The molecule has 8 heteroatoms. The third-order valence-electron chi connectivity index (χ3n) is 4.19. The first kappa shape index (κ1) is 27.7. The smallest absolute Gasteiger partial charge is 0.145 e. The molecule has 1 aromatic rings. The van der Waals surface area contributed by atoms with Crippen molar-refractivity contribution < 1.29 is 9.84 Å². The summed E-state index contributed by atoms with van der Waals surface area (Å²) in [6.07, 6.45) is 8.16. The van der Waals surface area contributed by atoms with Gasteiger partial charge >= 0.3 is 0 Å². The maximum Gasteiger partial charge on any atom is 0.145 e. The van der Waals surface area contributed by atoms with E-state index < -0.39 is 6.10 Å². The lowest BCUT2D eigenvalue weighted by molar-refractivity contribution is 0.122. The molecule has 1 atom stereocenters. The van der Waals surface area contributed by atoms with Gasteiger partial charge in [0.25, 0.3) is 0 Å². The molecule has 0 amide bonds. The van der Waals surface area contributed by atoms with Crippen LogP contribution >= 0.6 is 11.9 Å². The molecule has 0 saturated heterocycles. The second-order valence-corrected chi connectivity index (χ2v) is 8.34. The Hall–Kier alpha value is -2.29. The van der Waals surface area contributed by atoms with Gasteiger partial charge in [-0.3, -0.25) is 9.98 Å². The van der Waals surface area contributed by atoms with Crippen molar-refractivity contribution in [1.82, 2.24) is 4.31 Å². The van der Waals surface area contributed by atoms with Crippen molar-refractivity contribution in [3.05, 3.63) is 51.9 Å². The molecule has 1 N–H and O–H groups in total. The van der Waals surface area contributed by atoms with E-state index in [-0.39, 0.29) is 13.2 Å². The van der Waals surface area contributed by atoms with Gasteiger partial charge in [-0.25, -0.2) is 4.31 Å². The summed E-state index contributed by atoms with van der Waals surface area (Å²) >= 11 is 1.66. The minimum Gasteiger partial charge on any atom is -0.486 e. The topological polar surface area (TPSA) is 86.9 Å². The maximum atomic E-state index is 10.4. The van der Waals surface area contributed by atoms with Gasteiger partial charge in [0.05, 0.1) is 12.3 Å². The highest BCUT2D eigenvalue weighted by Gasteiger charge is 2.16. The second-order valence-electron chi connectivity index (χ2n) is 7.17. The van der Waals surface area contributed by atoms with Crippen LogP contribution in [0.1, 0.15) is 46.1 Å². The molecule has 0 fully saturated rings. The van der Waals surface area contributed by atoms with E-state index in [4.69, 9.17) is 4.74 Å². The van der Waals surface area contributed by atoms with Crippen LogP contribution in [0.2, 0.25) is 0 Å². The van der Waals surface area contributed by atoms with E-state index >= 15 is 0 Å². The Morgan fingerprint density at radius 3 is 2.72 bits per heavy atom. The minimum absolute atomic E-state index is 0.0883. The molecule has 32 heavy (non-hydrogen) atoms. The number of aliphatic imine (C=N–C) groups is 2. The minimum atomic E-state index is -0.631. The Balaban J connectivity index is 0.00000161. The van der Waals surface area contributed by atoms with Gasteiger partial charge in [-0.05, 0) is 61.0 Å². The zero-order chi connectivity index (χ0) is 23.8. The molecule has 1 aromatic carbocycles. The van der Waals surface area contributed by atoms with Gasteiger partial charge in [-0.1, -0.05) is 39.3 Å². The number of ether oxygens (including phenoxy) is 1. The number of benzene rings is 1. The molecule has 2 rings (SSSR count). The number of allylic oxidation sites excluding steroid dienone is 2. The summed E-state index contributed by atoms with van der Waals surface area (Å²) in [5.74, 6) is 0.594. The molecule has 7 nitrogen and oxygen atoms in total. The number of nitroso groups, excluding NO2 is 1. The Morgan fingerprint density at radius 1 is 1.38 bits per heavy atom. The fourth-order valence-electron chi connectivity index (χ4n) is 2.81. The van der Waals surface area contributed by atoms with Gasteiger partial charge in [0, 0.05) is 36.3 Å². The van der Waals surface area contributed by atoms with Crippen LogP contribution in [0.25, 0.3) is 0 Å². The predicted molar refractivity (Wildman–Crippen MR) is 137 cm³/mol. The van der Waals surface area contributed by atoms with E-state index in [1.165, 1.54) is 6.42 Å². The number of nitrogens with zero attached hydrogens (tertiary/aromatic N) is 4. The zero-order valence-electron chi connectivity index (χ0n) is 19.7. The number of hydrogen-bond acceptors (Lipinski definition) is 8. The van der Waals surface area contributed by atoms with Crippen LogP contribution in [-0.4, -0.2) is 54.2 Å². The quantitative estimate of drug-likeness (QED) is 0.176. The van der Waals surface area contributed by atoms with Crippen molar-refractivity contribution in [1.29, 1.82) is 0 Å². The normalized spacial score (nSPS) is 13.9. The van der Waals surface area contributed by atoms with E-state index in [9.17, 15) is 10.0 Å². The summed E-state index contributed by atoms with van der Waals surface area (Å²) < 4.78 is 7.90. The first-order chi connectivity index (χ1) is 15.5. The fourth-order valence-corrected chi connectivity index (χ4v) is 3.76. The molecule has 0 aromatic heterocycles. The summed E-state index contributed by atoms with van der Waals surface area (Å²) in [6.45, 7) is 13.7. The maximum absolute atomic E-state index is 10.4. The van der Waals surface area contributed by atoms with Gasteiger partial charge in [0.15, 0.2) is 0 Å². The van der Waals surface area contributed by atoms with Crippen LogP contribution in [-0.2, 0) is 6.42 Å². The van der Waals surface area contributed by atoms with E-state index in [2.05, 4.69) is 53.9 Å². The van der Waals surface area contributed by atoms with Gasteiger partial charge in [-0.15, -0.1) is 0 Å². The molecule has 176 valence electrons. The third kappa shape index (κ3) is 9.89. The Labute approximate surface area is 196 Å². The highest BCUT2D eigenvalue weighted by molar-refractivity contribution is 8.01. The average molecular weight is 461 g/mol. The van der Waals surface area contributed by atoms with E-state index in [1.54, 1.807) is 24.2 Å². The van der Waals surface area contributed by atoms with Gasteiger partial charge in [-0.2, -0.15) is 4.91 Å². The fraction of sp³-hybridized carbons (Fsp3) is 0.500. The molecule has 0 bridgehead atoms. The Bertz CT molecular complexity index is 808. The Morgan fingerprint density at radius 2 is 2.12 bits per heavy atom. The SMILES string of the molecule is C=N/C=C(/C=C/C1=Nc2ccc(OC(CO)CN=O)cc2C1)SN(CC)CCC.CCC. The number of rotatable bonds is 13. The summed E-state index contributed by atoms with van der Waals surface area (Å²) in [6, 6.07) is 5.56. The monoisotopic (exact) mass is 460 g/mol. The van der Waals surface area contributed by atoms with Gasteiger partial charge < -0.3 is 9.84 Å². The first-order valence-electron chi connectivity index (χ1n) is 11.1. The lowest BCUT2D eigenvalue weighted by Gasteiger charge is -2.18. The number of aliphatic hydroxyl groups excluding tert-OH is 1. The molecule has 1 unspecified atom stereocenters. The highest BCUT2D eigenvalue weighted by atomic mass is 32.2. The van der Waals surface area contributed by atoms with Crippen LogP contribution in [0.3, 0.4) is 0 Å². The third-order valence-corrected chi connectivity index (χ3v) is 5.34. The molecule has 0 spiro atoms. The molecule has 0 saturated carbocycles. The van der Waals surface area contributed by atoms with E-state index in [0.717, 1.165) is 41.4 Å². The van der Waals surface area contributed by atoms with Crippen LogP contribution in [0.5, 0.6) is 5.75 Å². The van der Waals surface area contributed by atoms with Gasteiger partial charge in [0.2, 0.25) is 0 Å². The molecule has 1 aliphatic heterocycles. The van der Waals surface area contributed by atoms with Crippen LogP contribution in [0, 0.1) is 4.91 Å². The molecular weight excluding hydrogens is 424 g/mol. The number of aliphatic hydroxyl groups is 1. The van der Waals surface area contributed by atoms with E-state index in [0.29, 0.717) is 12.2 Å². The first-order valence-corrected chi connectivity index (χ1v) is 11.9. The highest BCUT2D eigenvalue weighted by Crippen LogP contribution is 2.31. The average Bonchev–Trinajstić information content (AvgIpc) is 3.19. The van der Waals surface area contributed by atoms with Crippen molar-refractivity contribution in [3.8, 4) is 5.75 Å². The molecule has 1 aliphatic rings. The second kappa shape index (κ2) is 16.4. The summed E-state index contributed by atoms with van der Waals surface area (Å²) in [5.41, 5.74) is 2.88. The van der Waals surface area contributed by atoms with Crippen molar-refractivity contribution in [2.75, 3.05) is 26.2 Å². The number of fused-ring (bicyclic) bond motifs is 1. The van der Waals surface area contributed by atoms with Crippen molar-refractivity contribution >= 4 is 30.1 Å². The molecule has 0 radical (unpaired) electrons. The standard InChI is InChI=1S/C21H28N4O3S.C3H8/c1-4-10-25(5-2)29-20(14-22-3)8-6-17-11-16-12-18(7-9-21(16)24-17)28-19(15-26)13-23-27;1-3-2/h6-9,12,14,19,26H,3-5,10-11,13,15H2,1-2H3;3H2,1-2H3/b8-6+,20-14-;. The van der Waals surface area contributed by atoms with Crippen molar-refractivity contribution in [3.63, 3.8) is 0 Å². The van der Waals surface area contributed by atoms with Gasteiger partial charge in [0.1, 0.15) is 18.4 Å². The van der Waals surface area contributed by atoms with Crippen LogP contribution in [0.15, 0.2) is 56.6 Å². The van der Waals surface area contributed by atoms with E-state index in [1.807, 2.05) is 24.3 Å². The Kier molecular flexibility index (Phi) is 14.2.